The van der Waals surface area contributed by atoms with Crippen molar-refractivity contribution in [1.29, 1.82) is 0 Å². The van der Waals surface area contributed by atoms with Crippen LogP contribution in [0.25, 0.3) is 0 Å². The lowest BCUT2D eigenvalue weighted by Crippen LogP contribution is -2.23. The number of para-hydroxylation sites is 1. The lowest BCUT2D eigenvalue weighted by molar-refractivity contribution is 0.0950. The third-order valence-electron chi connectivity index (χ3n) is 4.23. The molecule has 5 nitrogen and oxygen atoms in total. The molecule has 0 unspecified atom stereocenters. The molecule has 0 aliphatic carbocycles. The van der Waals surface area contributed by atoms with E-state index in [0.717, 1.165) is 33.6 Å². The van der Waals surface area contributed by atoms with E-state index in [1.807, 2.05) is 67.2 Å². The monoisotopic (exact) mass is 427 g/mol. The lowest BCUT2D eigenvalue weighted by Gasteiger charge is -2.09. The minimum atomic E-state index is -0.110. The van der Waals surface area contributed by atoms with Crippen LogP contribution in [0, 0.1) is 6.92 Å². The van der Waals surface area contributed by atoms with Gasteiger partial charge in [0.2, 0.25) is 0 Å². The molecule has 0 atom stereocenters. The quantitative estimate of drug-likeness (QED) is 0.604. The highest BCUT2D eigenvalue weighted by Gasteiger charge is 2.09. The fraction of sp³-hybridized carbons (Fsp3) is 0.238. The summed E-state index contributed by atoms with van der Waals surface area (Å²) in [5.41, 5.74) is 3.52. The van der Waals surface area contributed by atoms with E-state index in [1.165, 1.54) is 0 Å². The first-order valence-corrected chi connectivity index (χ1v) is 9.63. The van der Waals surface area contributed by atoms with Crippen molar-refractivity contribution >= 4 is 21.8 Å². The number of aryl methyl sites for hydroxylation is 2. The van der Waals surface area contributed by atoms with Crippen molar-refractivity contribution in [3.63, 3.8) is 0 Å². The second-order valence-corrected chi connectivity index (χ2v) is 7.05. The number of benzene rings is 2. The molecule has 0 aliphatic rings. The highest BCUT2D eigenvalue weighted by Crippen LogP contribution is 2.24. The Morgan fingerprint density at radius 2 is 2.04 bits per heavy atom. The van der Waals surface area contributed by atoms with Crippen molar-refractivity contribution in [1.82, 2.24) is 15.1 Å². The topological polar surface area (TPSA) is 56.2 Å². The zero-order chi connectivity index (χ0) is 19.2. The molecule has 3 rings (SSSR count). The van der Waals surface area contributed by atoms with Gasteiger partial charge >= 0.3 is 0 Å². The van der Waals surface area contributed by atoms with E-state index in [1.54, 1.807) is 6.07 Å². The average molecular weight is 428 g/mol. The van der Waals surface area contributed by atoms with Crippen molar-refractivity contribution in [2.45, 2.75) is 33.5 Å². The SMILES string of the molecule is CCn1cc(CNC(=O)c2cccc(COc3ccccc3Br)c2)c(C)n1. The molecule has 0 aliphatic heterocycles. The van der Waals surface area contributed by atoms with Gasteiger partial charge in [-0.3, -0.25) is 9.48 Å². The normalized spacial score (nSPS) is 10.6. The standard InChI is InChI=1S/C21H22BrN3O2/c1-3-25-13-18(15(2)24-25)12-23-21(26)17-8-6-7-16(11-17)14-27-20-10-5-4-9-19(20)22/h4-11,13H,3,12,14H2,1-2H3,(H,23,26). The maximum atomic E-state index is 12.5. The summed E-state index contributed by atoms with van der Waals surface area (Å²) in [7, 11) is 0. The van der Waals surface area contributed by atoms with Gasteiger partial charge in [0.1, 0.15) is 12.4 Å². The Morgan fingerprint density at radius 1 is 1.22 bits per heavy atom. The van der Waals surface area contributed by atoms with E-state index < -0.39 is 0 Å². The molecule has 1 amide bonds. The lowest BCUT2D eigenvalue weighted by atomic mass is 10.1. The van der Waals surface area contributed by atoms with Crippen molar-refractivity contribution < 1.29 is 9.53 Å². The maximum absolute atomic E-state index is 12.5. The molecule has 0 radical (unpaired) electrons. The second kappa shape index (κ2) is 8.86. The fourth-order valence-corrected chi connectivity index (χ4v) is 3.10. The molecule has 0 fully saturated rings. The number of ether oxygens (including phenoxy) is 1. The molecule has 2 aromatic carbocycles. The summed E-state index contributed by atoms with van der Waals surface area (Å²) in [6.07, 6.45) is 1.97. The molecule has 3 aromatic rings. The Morgan fingerprint density at radius 3 is 2.78 bits per heavy atom. The van der Waals surface area contributed by atoms with E-state index in [2.05, 4.69) is 26.3 Å². The predicted molar refractivity (Wildman–Crippen MR) is 109 cm³/mol. The molecular weight excluding hydrogens is 406 g/mol. The van der Waals surface area contributed by atoms with Crippen LogP contribution < -0.4 is 10.1 Å². The molecule has 6 heteroatoms. The van der Waals surface area contributed by atoms with E-state index in [0.29, 0.717) is 18.7 Å². The minimum Gasteiger partial charge on any atom is -0.488 e. The molecule has 1 heterocycles. The Kier molecular flexibility index (Phi) is 6.29. The molecule has 0 spiro atoms. The van der Waals surface area contributed by atoms with Crippen LogP contribution in [0.3, 0.4) is 0 Å². The van der Waals surface area contributed by atoms with E-state index in [9.17, 15) is 4.79 Å². The first kappa shape index (κ1) is 19.2. The first-order chi connectivity index (χ1) is 13.1. The second-order valence-electron chi connectivity index (χ2n) is 6.20. The zero-order valence-electron chi connectivity index (χ0n) is 15.4. The molecule has 27 heavy (non-hydrogen) atoms. The van der Waals surface area contributed by atoms with Gasteiger partial charge in [-0.1, -0.05) is 24.3 Å². The van der Waals surface area contributed by atoms with Gasteiger partial charge in [-0.25, -0.2) is 0 Å². The average Bonchev–Trinajstić information content (AvgIpc) is 3.05. The molecule has 140 valence electrons. The van der Waals surface area contributed by atoms with Crippen molar-refractivity contribution in [2.75, 3.05) is 0 Å². The van der Waals surface area contributed by atoms with Crippen LogP contribution >= 0.6 is 15.9 Å². The highest BCUT2D eigenvalue weighted by molar-refractivity contribution is 9.10. The molecule has 1 aromatic heterocycles. The van der Waals surface area contributed by atoms with Crippen LogP contribution in [0.5, 0.6) is 5.75 Å². The maximum Gasteiger partial charge on any atom is 0.251 e. The third kappa shape index (κ3) is 4.98. The van der Waals surface area contributed by atoms with Crippen LogP contribution in [0.15, 0.2) is 59.2 Å². The molecule has 0 bridgehead atoms. The van der Waals surface area contributed by atoms with Gasteiger partial charge in [0.05, 0.1) is 10.2 Å². The summed E-state index contributed by atoms with van der Waals surface area (Å²) in [6.45, 7) is 5.66. The molecule has 0 saturated carbocycles. The van der Waals surface area contributed by atoms with Gasteiger partial charge in [-0.05, 0) is 59.6 Å². The number of aromatic nitrogens is 2. The van der Waals surface area contributed by atoms with Gasteiger partial charge in [0.25, 0.3) is 5.91 Å². The van der Waals surface area contributed by atoms with Gasteiger partial charge in [-0.15, -0.1) is 0 Å². The summed E-state index contributed by atoms with van der Waals surface area (Å²) in [4.78, 5) is 12.5. The number of hydrogen-bond donors (Lipinski definition) is 1. The molecule has 0 saturated heterocycles. The van der Waals surface area contributed by atoms with Crippen molar-refractivity contribution in [2.24, 2.45) is 0 Å². The van der Waals surface area contributed by atoms with E-state index in [-0.39, 0.29) is 5.91 Å². The largest absolute Gasteiger partial charge is 0.488 e. The number of halogens is 1. The third-order valence-corrected chi connectivity index (χ3v) is 4.89. The Balaban J connectivity index is 1.61. The van der Waals surface area contributed by atoms with Gasteiger partial charge in [0, 0.05) is 30.4 Å². The zero-order valence-corrected chi connectivity index (χ0v) is 17.0. The number of hydrogen-bond acceptors (Lipinski definition) is 3. The van der Waals surface area contributed by atoms with Crippen molar-refractivity contribution in [3.8, 4) is 5.75 Å². The first-order valence-electron chi connectivity index (χ1n) is 8.84. The van der Waals surface area contributed by atoms with Crippen LogP contribution in [-0.2, 0) is 19.7 Å². The number of amides is 1. The summed E-state index contributed by atoms with van der Waals surface area (Å²) >= 11 is 3.47. The van der Waals surface area contributed by atoms with Crippen LogP contribution in [0.1, 0.15) is 34.1 Å². The predicted octanol–water partition coefficient (Wildman–Crippen LogP) is 4.48. The fourth-order valence-electron chi connectivity index (χ4n) is 2.70. The molecule has 1 N–H and O–H groups in total. The number of nitrogens with zero attached hydrogens (tertiary/aromatic N) is 2. The number of nitrogens with one attached hydrogen (secondary N) is 1. The summed E-state index contributed by atoms with van der Waals surface area (Å²) < 4.78 is 8.60. The van der Waals surface area contributed by atoms with Crippen LogP contribution in [-0.4, -0.2) is 15.7 Å². The smallest absolute Gasteiger partial charge is 0.251 e. The minimum absolute atomic E-state index is 0.110. The van der Waals surface area contributed by atoms with Crippen LogP contribution in [0.4, 0.5) is 0 Å². The Bertz CT molecular complexity index is 937. The van der Waals surface area contributed by atoms with Gasteiger partial charge in [0.15, 0.2) is 0 Å². The van der Waals surface area contributed by atoms with Crippen molar-refractivity contribution in [3.05, 3.63) is 81.6 Å². The summed E-state index contributed by atoms with van der Waals surface area (Å²) in [6, 6.07) is 15.2. The molecular formula is C21H22BrN3O2. The summed E-state index contributed by atoms with van der Waals surface area (Å²) in [5, 5.41) is 7.36. The number of carbonyl (C=O) groups excluding carboxylic acids is 1. The Labute approximate surface area is 167 Å². The Hall–Kier alpha value is -2.60. The number of carbonyl (C=O) groups is 1. The van der Waals surface area contributed by atoms with Gasteiger partial charge in [-0.2, -0.15) is 5.10 Å². The van der Waals surface area contributed by atoms with Gasteiger partial charge < -0.3 is 10.1 Å². The highest BCUT2D eigenvalue weighted by atomic mass is 79.9. The number of rotatable bonds is 7. The van der Waals surface area contributed by atoms with E-state index in [4.69, 9.17) is 4.74 Å². The van der Waals surface area contributed by atoms with Crippen LogP contribution in [0.2, 0.25) is 0 Å². The summed E-state index contributed by atoms with van der Waals surface area (Å²) in [5.74, 6) is 0.664. The van der Waals surface area contributed by atoms with E-state index >= 15 is 0 Å².